The predicted octanol–water partition coefficient (Wildman–Crippen LogP) is 3.74. The van der Waals surface area contributed by atoms with Crippen LogP contribution in [0.15, 0.2) is 48.5 Å². The molecule has 0 spiro atoms. The zero-order valence-electron chi connectivity index (χ0n) is 14.9. The minimum atomic E-state index is 0.185. The second-order valence-electron chi connectivity index (χ2n) is 7.72. The van der Waals surface area contributed by atoms with Crippen LogP contribution in [0, 0.1) is 5.92 Å². The summed E-state index contributed by atoms with van der Waals surface area (Å²) in [6, 6.07) is 17.6. The van der Waals surface area contributed by atoms with Gasteiger partial charge < -0.3 is 15.5 Å². The highest BCUT2D eigenvalue weighted by molar-refractivity contribution is 5.95. The van der Waals surface area contributed by atoms with Crippen molar-refractivity contribution in [3.05, 3.63) is 65.2 Å². The molecule has 5 rings (SSSR count). The number of fused-ring (bicyclic) bond motifs is 3. The van der Waals surface area contributed by atoms with Crippen molar-refractivity contribution in [2.24, 2.45) is 5.92 Å². The molecule has 0 aromatic heterocycles. The minimum Gasteiger partial charge on any atom is -0.378 e. The van der Waals surface area contributed by atoms with Gasteiger partial charge in [-0.05, 0) is 55.1 Å². The van der Waals surface area contributed by atoms with E-state index in [2.05, 4.69) is 53.1 Å². The Morgan fingerprint density at radius 2 is 1.81 bits per heavy atom. The summed E-state index contributed by atoms with van der Waals surface area (Å²) in [4.78, 5) is 14.8. The molecule has 2 fully saturated rings. The second-order valence-corrected chi connectivity index (χ2v) is 7.72. The van der Waals surface area contributed by atoms with E-state index in [0.717, 1.165) is 50.1 Å². The fourth-order valence-corrected chi connectivity index (χ4v) is 4.88. The number of carbonyl (C=O) groups is 1. The molecule has 26 heavy (non-hydrogen) atoms. The van der Waals surface area contributed by atoms with Crippen LogP contribution < -0.4 is 10.6 Å². The number of hydrogen-bond donors (Lipinski definition) is 2. The molecule has 0 radical (unpaired) electrons. The quantitative estimate of drug-likeness (QED) is 0.870. The zero-order valence-corrected chi connectivity index (χ0v) is 14.9. The molecule has 2 aromatic carbocycles. The average Bonchev–Trinajstić information content (AvgIpc) is 3.39. The van der Waals surface area contributed by atoms with Crippen LogP contribution in [0.2, 0.25) is 0 Å². The molecule has 3 aliphatic heterocycles. The first-order valence-corrected chi connectivity index (χ1v) is 9.79. The highest BCUT2D eigenvalue weighted by atomic mass is 16.2. The highest BCUT2D eigenvalue weighted by Crippen LogP contribution is 2.47. The Balaban J connectivity index is 1.49. The standard InChI is InChI=1S/C22H25N3O/c26-22(25-12-4-5-13-25)16-8-9-19-18(14-16)21-17(10-11-23-21)20(24-19)15-6-2-1-3-7-15/h1-3,6-9,14,17,20-21,23-24H,4-5,10-13H2/t17-,20?,21-/m0/s1. The van der Waals surface area contributed by atoms with Crippen molar-refractivity contribution < 1.29 is 4.79 Å². The van der Waals surface area contributed by atoms with Gasteiger partial charge in [0.25, 0.3) is 5.91 Å². The van der Waals surface area contributed by atoms with Gasteiger partial charge in [0.2, 0.25) is 0 Å². The summed E-state index contributed by atoms with van der Waals surface area (Å²) in [5, 5.41) is 7.44. The third-order valence-corrected chi connectivity index (χ3v) is 6.19. The first-order chi connectivity index (χ1) is 12.8. The summed E-state index contributed by atoms with van der Waals surface area (Å²) in [5.74, 6) is 0.701. The lowest BCUT2D eigenvalue weighted by atomic mass is 9.80. The maximum Gasteiger partial charge on any atom is 0.253 e. The molecule has 2 aromatic rings. The highest BCUT2D eigenvalue weighted by Gasteiger charge is 2.40. The van der Waals surface area contributed by atoms with Crippen molar-refractivity contribution in [3.63, 3.8) is 0 Å². The number of rotatable bonds is 2. The normalized spacial score (nSPS) is 26.9. The maximum atomic E-state index is 12.8. The molecule has 4 nitrogen and oxygen atoms in total. The largest absolute Gasteiger partial charge is 0.378 e. The predicted molar refractivity (Wildman–Crippen MR) is 103 cm³/mol. The van der Waals surface area contributed by atoms with Crippen LogP contribution in [0.4, 0.5) is 5.69 Å². The van der Waals surface area contributed by atoms with Crippen LogP contribution in [0.5, 0.6) is 0 Å². The molecular weight excluding hydrogens is 322 g/mol. The van der Waals surface area contributed by atoms with E-state index in [1.165, 1.54) is 11.1 Å². The van der Waals surface area contributed by atoms with Crippen LogP contribution >= 0.6 is 0 Å². The van der Waals surface area contributed by atoms with Crippen molar-refractivity contribution in [1.82, 2.24) is 10.2 Å². The second kappa shape index (κ2) is 6.44. The molecule has 3 atom stereocenters. The SMILES string of the molecule is O=C(c1ccc2c(c1)[C@H]1NCC[C@H]1C(c1ccccc1)N2)N1CCCC1. The lowest BCUT2D eigenvalue weighted by Gasteiger charge is -2.37. The molecule has 0 bridgehead atoms. The average molecular weight is 347 g/mol. The minimum absolute atomic E-state index is 0.185. The van der Waals surface area contributed by atoms with Crippen molar-refractivity contribution in [3.8, 4) is 0 Å². The van der Waals surface area contributed by atoms with Gasteiger partial charge in [0, 0.05) is 36.3 Å². The van der Waals surface area contributed by atoms with E-state index in [9.17, 15) is 4.79 Å². The maximum absolute atomic E-state index is 12.8. The smallest absolute Gasteiger partial charge is 0.253 e. The van der Waals surface area contributed by atoms with Crippen LogP contribution in [-0.4, -0.2) is 30.4 Å². The summed E-state index contributed by atoms with van der Waals surface area (Å²) in [6.07, 6.45) is 3.41. The Kier molecular flexibility index (Phi) is 3.93. The molecule has 4 heteroatoms. The van der Waals surface area contributed by atoms with Gasteiger partial charge in [-0.15, -0.1) is 0 Å². The first-order valence-electron chi connectivity index (χ1n) is 9.79. The lowest BCUT2D eigenvalue weighted by Crippen LogP contribution is -2.33. The number of benzene rings is 2. The van der Waals surface area contributed by atoms with E-state index < -0.39 is 0 Å². The Hall–Kier alpha value is -2.33. The van der Waals surface area contributed by atoms with E-state index in [0.29, 0.717) is 18.0 Å². The third-order valence-electron chi connectivity index (χ3n) is 6.19. The number of nitrogens with zero attached hydrogens (tertiary/aromatic N) is 1. The Morgan fingerprint density at radius 3 is 2.62 bits per heavy atom. The van der Waals surface area contributed by atoms with Crippen molar-refractivity contribution in [1.29, 1.82) is 0 Å². The van der Waals surface area contributed by atoms with Gasteiger partial charge in [-0.3, -0.25) is 4.79 Å². The van der Waals surface area contributed by atoms with Gasteiger partial charge in [0.15, 0.2) is 0 Å². The van der Waals surface area contributed by atoms with Gasteiger partial charge >= 0.3 is 0 Å². The molecule has 134 valence electrons. The van der Waals surface area contributed by atoms with Crippen molar-refractivity contribution >= 4 is 11.6 Å². The number of likely N-dealkylation sites (tertiary alicyclic amines) is 1. The van der Waals surface area contributed by atoms with Gasteiger partial charge in [0.1, 0.15) is 0 Å². The number of nitrogens with one attached hydrogen (secondary N) is 2. The first kappa shape index (κ1) is 15.9. The molecule has 2 N–H and O–H groups in total. The number of amides is 1. The van der Waals surface area contributed by atoms with Crippen LogP contribution in [-0.2, 0) is 0 Å². The summed E-state index contributed by atoms with van der Waals surface area (Å²) in [5.41, 5.74) is 4.59. The Morgan fingerprint density at radius 1 is 1.00 bits per heavy atom. The monoisotopic (exact) mass is 347 g/mol. The number of anilines is 1. The number of hydrogen-bond acceptors (Lipinski definition) is 3. The summed E-state index contributed by atoms with van der Waals surface area (Å²) in [7, 11) is 0. The van der Waals surface area contributed by atoms with Gasteiger partial charge in [0.05, 0.1) is 6.04 Å². The Labute approximate surface area is 154 Å². The van der Waals surface area contributed by atoms with E-state index in [-0.39, 0.29) is 5.91 Å². The third kappa shape index (κ3) is 2.60. The van der Waals surface area contributed by atoms with Crippen LogP contribution in [0.1, 0.15) is 52.8 Å². The zero-order chi connectivity index (χ0) is 17.5. The van der Waals surface area contributed by atoms with E-state index >= 15 is 0 Å². The Bertz CT molecular complexity index is 813. The summed E-state index contributed by atoms with van der Waals surface area (Å²) in [6.45, 7) is 2.83. The van der Waals surface area contributed by atoms with Crippen LogP contribution in [0.3, 0.4) is 0 Å². The molecule has 2 saturated heterocycles. The molecule has 1 unspecified atom stereocenters. The van der Waals surface area contributed by atoms with Crippen LogP contribution in [0.25, 0.3) is 0 Å². The summed E-state index contributed by atoms with van der Waals surface area (Å²) < 4.78 is 0. The molecule has 0 aliphatic carbocycles. The molecule has 0 saturated carbocycles. The van der Waals surface area contributed by atoms with E-state index in [1.54, 1.807) is 0 Å². The molecule has 3 heterocycles. The van der Waals surface area contributed by atoms with E-state index in [4.69, 9.17) is 0 Å². The molecule has 1 amide bonds. The van der Waals surface area contributed by atoms with Gasteiger partial charge in [-0.25, -0.2) is 0 Å². The molecular formula is C22H25N3O. The topological polar surface area (TPSA) is 44.4 Å². The van der Waals surface area contributed by atoms with Crippen molar-refractivity contribution in [2.45, 2.75) is 31.3 Å². The summed E-state index contributed by atoms with van der Waals surface area (Å²) >= 11 is 0. The van der Waals surface area contributed by atoms with Gasteiger partial charge in [-0.1, -0.05) is 30.3 Å². The lowest BCUT2D eigenvalue weighted by molar-refractivity contribution is 0.0792. The fraction of sp³-hybridized carbons (Fsp3) is 0.409. The van der Waals surface area contributed by atoms with E-state index in [1.807, 2.05) is 11.0 Å². The molecule has 3 aliphatic rings. The van der Waals surface area contributed by atoms with Gasteiger partial charge in [-0.2, -0.15) is 0 Å². The fourth-order valence-electron chi connectivity index (χ4n) is 4.88. The van der Waals surface area contributed by atoms with Crippen molar-refractivity contribution in [2.75, 3.05) is 25.0 Å². The number of carbonyl (C=O) groups excluding carboxylic acids is 1.